The number of aryl methyl sites for hydroxylation is 1. The van der Waals surface area contributed by atoms with E-state index in [1.807, 2.05) is 24.5 Å². The topological polar surface area (TPSA) is 61.7 Å². The van der Waals surface area contributed by atoms with E-state index in [-0.39, 0.29) is 5.75 Å². The molecule has 0 bridgehead atoms. The fourth-order valence-corrected chi connectivity index (χ4v) is 3.97. The predicted molar refractivity (Wildman–Crippen MR) is 98.7 cm³/mol. The molecule has 0 radical (unpaired) electrons. The lowest BCUT2D eigenvalue weighted by molar-refractivity contribution is 0.0722. The maximum atomic E-state index is 13.6. The highest BCUT2D eigenvalue weighted by molar-refractivity contribution is 7.98. The summed E-state index contributed by atoms with van der Waals surface area (Å²) in [6.07, 6.45) is 1.61. The minimum atomic E-state index is -2.65. The molecular formula is C18H17F2N5OS. The average molecular weight is 389 g/mol. The van der Waals surface area contributed by atoms with Gasteiger partial charge in [0.05, 0.1) is 28.6 Å². The van der Waals surface area contributed by atoms with Gasteiger partial charge >= 0.3 is 6.55 Å². The van der Waals surface area contributed by atoms with Crippen LogP contribution in [0.5, 0.6) is 0 Å². The number of hydrogen-bond donors (Lipinski definition) is 0. The van der Waals surface area contributed by atoms with Gasteiger partial charge in [-0.15, -0.1) is 10.2 Å². The van der Waals surface area contributed by atoms with Gasteiger partial charge in [0.15, 0.2) is 11.0 Å². The van der Waals surface area contributed by atoms with Gasteiger partial charge in [0.1, 0.15) is 11.6 Å². The molecule has 9 heteroatoms. The quantitative estimate of drug-likeness (QED) is 0.439. The SMILES string of the molecule is CCn1c(SCc2nc3ccccc3n2C(F)F)nnc1-c1ccoc1C. The highest BCUT2D eigenvalue weighted by Crippen LogP contribution is 2.30. The summed E-state index contributed by atoms with van der Waals surface area (Å²) in [6, 6.07) is 8.74. The lowest BCUT2D eigenvalue weighted by Crippen LogP contribution is -2.04. The molecule has 140 valence electrons. The Bertz CT molecular complexity index is 1080. The molecule has 0 spiro atoms. The van der Waals surface area contributed by atoms with Gasteiger partial charge in [-0.1, -0.05) is 23.9 Å². The van der Waals surface area contributed by atoms with Gasteiger partial charge in [-0.2, -0.15) is 8.78 Å². The number of hydrogen-bond acceptors (Lipinski definition) is 5. The first-order chi connectivity index (χ1) is 13.1. The lowest BCUT2D eigenvalue weighted by Gasteiger charge is -2.09. The Labute approximate surface area is 158 Å². The molecule has 0 aliphatic heterocycles. The van der Waals surface area contributed by atoms with Crippen LogP contribution in [-0.4, -0.2) is 24.3 Å². The number of aromatic nitrogens is 5. The largest absolute Gasteiger partial charge is 0.469 e. The zero-order valence-corrected chi connectivity index (χ0v) is 15.6. The van der Waals surface area contributed by atoms with Gasteiger partial charge in [0.2, 0.25) is 0 Å². The second-order valence-electron chi connectivity index (χ2n) is 5.89. The van der Waals surface area contributed by atoms with Crippen molar-refractivity contribution in [2.24, 2.45) is 0 Å². The van der Waals surface area contributed by atoms with E-state index in [0.29, 0.717) is 34.4 Å². The minimum Gasteiger partial charge on any atom is -0.469 e. The molecule has 3 aromatic heterocycles. The third-order valence-corrected chi connectivity index (χ3v) is 5.29. The Morgan fingerprint density at radius 1 is 1.19 bits per heavy atom. The van der Waals surface area contributed by atoms with E-state index < -0.39 is 6.55 Å². The van der Waals surface area contributed by atoms with Crippen LogP contribution in [0.2, 0.25) is 0 Å². The zero-order valence-electron chi connectivity index (χ0n) is 14.8. The minimum absolute atomic E-state index is 0.265. The maximum Gasteiger partial charge on any atom is 0.320 e. The number of alkyl halides is 2. The Morgan fingerprint density at radius 2 is 2.00 bits per heavy atom. The van der Waals surface area contributed by atoms with Crippen molar-refractivity contribution in [2.45, 2.75) is 37.9 Å². The molecule has 27 heavy (non-hydrogen) atoms. The fraction of sp³-hybridized carbons (Fsp3) is 0.278. The monoisotopic (exact) mass is 389 g/mol. The van der Waals surface area contributed by atoms with E-state index in [4.69, 9.17) is 4.42 Å². The van der Waals surface area contributed by atoms with Crippen molar-refractivity contribution in [3.05, 3.63) is 48.2 Å². The van der Waals surface area contributed by atoms with Gasteiger partial charge in [-0.05, 0) is 32.0 Å². The van der Waals surface area contributed by atoms with Crippen LogP contribution in [0.1, 0.15) is 25.1 Å². The molecule has 1 aromatic carbocycles. The number of imidazole rings is 1. The van der Waals surface area contributed by atoms with Crippen molar-refractivity contribution in [2.75, 3.05) is 0 Å². The number of halogens is 2. The molecule has 4 aromatic rings. The zero-order chi connectivity index (χ0) is 19.0. The first-order valence-corrected chi connectivity index (χ1v) is 9.43. The number of para-hydroxylation sites is 2. The van der Waals surface area contributed by atoms with Crippen LogP contribution in [0.3, 0.4) is 0 Å². The fourth-order valence-electron chi connectivity index (χ4n) is 3.04. The molecule has 4 rings (SSSR count). The third-order valence-electron chi connectivity index (χ3n) is 4.33. The van der Waals surface area contributed by atoms with Gasteiger partial charge in [0.25, 0.3) is 0 Å². The first kappa shape index (κ1) is 17.7. The van der Waals surface area contributed by atoms with Crippen LogP contribution in [0.4, 0.5) is 8.78 Å². The Balaban J connectivity index is 1.65. The normalized spacial score (nSPS) is 11.7. The van der Waals surface area contributed by atoms with E-state index in [0.717, 1.165) is 15.9 Å². The summed E-state index contributed by atoms with van der Waals surface area (Å²) in [5.74, 6) is 2.03. The summed E-state index contributed by atoms with van der Waals surface area (Å²) in [5, 5.41) is 9.15. The van der Waals surface area contributed by atoms with Crippen molar-refractivity contribution in [3.63, 3.8) is 0 Å². The number of fused-ring (bicyclic) bond motifs is 1. The van der Waals surface area contributed by atoms with E-state index in [1.165, 1.54) is 11.8 Å². The van der Waals surface area contributed by atoms with Gasteiger partial charge < -0.3 is 8.98 Å². The molecule has 0 N–H and O–H groups in total. The van der Waals surface area contributed by atoms with Crippen molar-refractivity contribution >= 4 is 22.8 Å². The predicted octanol–water partition coefficient (Wildman–Crippen LogP) is 4.90. The van der Waals surface area contributed by atoms with E-state index in [2.05, 4.69) is 15.2 Å². The van der Waals surface area contributed by atoms with Gasteiger partial charge in [-0.25, -0.2) is 4.98 Å². The number of rotatable bonds is 6. The van der Waals surface area contributed by atoms with Crippen molar-refractivity contribution in [1.29, 1.82) is 0 Å². The van der Waals surface area contributed by atoms with Gasteiger partial charge in [0, 0.05) is 6.54 Å². The van der Waals surface area contributed by atoms with Crippen molar-refractivity contribution < 1.29 is 13.2 Å². The van der Waals surface area contributed by atoms with Crippen molar-refractivity contribution in [3.8, 4) is 11.4 Å². The molecule has 0 unspecified atom stereocenters. The van der Waals surface area contributed by atoms with E-state index in [9.17, 15) is 8.78 Å². The number of benzene rings is 1. The molecule has 0 amide bonds. The Hall–Kier alpha value is -2.68. The van der Waals surface area contributed by atoms with Gasteiger partial charge in [-0.3, -0.25) is 4.57 Å². The maximum absolute atomic E-state index is 13.6. The van der Waals surface area contributed by atoms with Crippen LogP contribution in [-0.2, 0) is 12.3 Å². The Kier molecular flexibility index (Phi) is 4.69. The smallest absolute Gasteiger partial charge is 0.320 e. The van der Waals surface area contributed by atoms with Crippen LogP contribution in [0.25, 0.3) is 22.4 Å². The molecule has 3 heterocycles. The Morgan fingerprint density at radius 3 is 2.70 bits per heavy atom. The molecule has 6 nitrogen and oxygen atoms in total. The standard InChI is InChI=1S/C18H17F2N5OS/c1-3-24-16(12-8-9-26-11(12)2)22-23-18(24)27-10-15-21-13-6-4-5-7-14(13)25(15)17(19)20/h4-9,17H,3,10H2,1-2H3. The van der Waals surface area contributed by atoms with Crippen molar-refractivity contribution in [1.82, 2.24) is 24.3 Å². The van der Waals surface area contributed by atoms with E-state index >= 15 is 0 Å². The molecule has 0 aliphatic rings. The highest BCUT2D eigenvalue weighted by Gasteiger charge is 2.20. The molecule has 0 atom stereocenters. The molecule has 0 saturated carbocycles. The van der Waals surface area contributed by atoms with E-state index in [1.54, 1.807) is 30.5 Å². The third kappa shape index (κ3) is 3.12. The number of furan rings is 1. The second-order valence-corrected chi connectivity index (χ2v) is 6.84. The summed E-state index contributed by atoms with van der Waals surface area (Å²) in [6.45, 7) is 1.85. The number of nitrogens with zero attached hydrogens (tertiary/aromatic N) is 5. The summed E-state index contributed by atoms with van der Waals surface area (Å²) >= 11 is 1.34. The average Bonchev–Trinajstić information content (AvgIpc) is 3.34. The lowest BCUT2D eigenvalue weighted by atomic mass is 10.2. The molecule has 0 aliphatic carbocycles. The summed E-state index contributed by atoms with van der Waals surface area (Å²) < 4.78 is 35.4. The summed E-state index contributed by atoms with van der Waals surface area (Å²) in [7, 11) is 0. The number of thioether (sulfide) groups is 1. The summed E-state index contributed by atoms with van der Waals surface area (Å²) in [5.41, 5.74) is 1.85. The van der Waals surface area contributed by atoms with Crippen LogP contribution in [0, 0.1) is 6.92 Å². The molecule has 0 saturated heterocycles. The molecule has 0 fully saturated rings. The second kappa shape index (κ2) is 7.15. The van der Waals surface area contributed by atoms with Crippen LogP contribution >= 0.6 is 11.8 Å². The summed E-state index contributed by atoms with van der Waals surface area (Å²) in [4.78, 5) is 4.36. The first-order valence-electron chi connectivity index (χ1n) is 8.44. The highest BCUT2D eigenvalue weighted by atomic mass is 32.2. The van der Waals surface area contributed by atoms with Crippen LogP contribution < -0.4 is 0 Å². The molecular weight excluding hydrogens is 372 g/mol. The van der Waals surface area contributed by atoms with Crippen LogP contribution in [0.15, 0.2) is 46.2 Å².